The van der Waals surface area contributed by atoms with Crippen molar-refractivity contribution in [1.29, 1.82) is 0 Å². The monoisotopic (exact) mass is 238 g/mol. The first-order chi connectivity index (χ1) is 8.09. The van der Waals surface area contributed by atoms with Gasteiger partial charge in [0.15, 0.2) is 0 Å². The molecule has 2 heteroatoms. The fourth-order valence-electron chi connectivity index (χ4n) is 1.19. The summed E-state index contributed by atoms with van der Waals surface area (Å²) in [5.74, 6) is 0.511. The molecule has 0 unspecified atom stereocenters. The summed E-state index contributed by atoms with van der Waals surface area (Å²) in [6.07, 6.45) is 1.33. The van der Waals surface area contributed by atoms with Gasteiger partial charge in [0.1, 0.15) is 11.5 Å². The third-order valence-electron chi connectivity index (χ3n) is 2.03. The van der Waals surface area contributed by atoms with Gasteiger partial charge in [-0.05, 0) is 37.5 Å². The van der Waals surface area contributed by atoms with Crippen LogP contribution in [0.4, 0.5) is 0 Å². The Bertz CT molecular complexity index is 317. The molecule has 0 spiro atoms. The Morgan fingerprint density at radius 3 is 2.12 bits per heavy atom. The SMILES string of the molecule is CC.CC.CC(=O)CCc1ccc(O)c(C)c1. The van der Waals surface area contributed by atoms with Gasteiger partial charge in [0.25, 0.3) is 0 Å². The third-order valence-corrected chi connectivity index (χ3v) is 2.03. The van der Waals surface area contributed by atoms with Crippen molar-refractivity contribution in [3.05, 3.63) is 29.3 Å². The summed E-state index contributed by atoms with van der Waals surface area (Å²) in [7, 11) is 0. The summed E-state index contributed by atoms with van der Waals surface area (Å²) in [5, 5.41) is 9.25. The maximum Gasteiger partial charge on any atom is 0.130 e. The molecule has 1 N–H and O–H groups in total. The fraction of sp³-hybridized carbons (Fsp3) is 0.533. The van der Waals surface area contributed by atoms with Crippen LogP contribution in [0.1, 0.15) is 52.2 Å². The maximum absolute atomic E-state index is 10.7. The maximum atomic E-state index is 10.7. The molecule has 0 saturated heterocycles. The predicted octanol–water partition coefficient (Wildman–Crippen LogP) is 4.27. The van der Waals surface area contributed by atoms with E-state index in [1.165, 1.54) is 0 Å². The highest BCUT2D eigenvalue weighted by Crippen LogP contribution is 2.17. The number of hydrogen-bond donors (Lipinski definition) is 1. The summed E-state index contributed by atoms with van der Waals surface area (Å²) in [5.41, 5.74) is 1.96. The van der Waals surface area contributed by atoms with Gasteiger partial charge in [-0.2, -0.15) is 0 Å². The standard InChI is InChI=1S/C11H14O2.2C2H6/c1-8-7-10(4-3-9(2)12)5-6-11(8)13;2*1-2/h5-7,13H,3-4H2,1-2H3;2*1-2H3. The topological polar surface area (TPSA) is 37.3 Å². The number of carbonyl (C=O) groups is 1. The molecule has 98 valence electrons. The summed E-state index contributed by atoms with van der Waals surface area (Å²) in [6.45, 7) is 11.4. The number of carbonyl (C=O) groups excluding carboxylic acids is 1. The molecular weight excluding hydrogens is 212 g/mol. The highest BCUT2D eigenvalue weighted by atomic mass is 16.3. The largest absolute Gasteiger partial charge is 0.508 e. The van der Waals surface area contributed by atoms with E-state index in [9.17, 15) is 9.90 Å². The van der Waals surface area contributed by atoms with Gasteiger partial charge in [0.05, 0.1) is 0 Å². The number of Topliss-reactive ketones (excluding diaryl/α,β-unsaturated/α-hetero) is 1. The van der Waals surface area contributed by atoms with Crippen molar-refractivity contribution in [1.82, 2.24) is 0 Å². The van der Waals surface area contributed by atoms with E-state index in [4.69, 9.17) is 0 Å². The number of phenols is 1. The van der Waals surface area contributed by atoms with Gasteiger partial charge in [-0.3, -0.25) is 0 Å². The van der Waals surface area contributed by atoms with Crippen LogP contribution in [0.15, 0.2) is 18.2 Å². The fourth-order valence-corrected chi connectivity index (χ4v) is 1.19. The molecule has 0 bridgehead atoms. The van der Waals surface area contributed by atoms with E-state index in [1.807, 2.05) is 46.8 Å². The summed E-state index contributed by atoms with van der Waals surface area (Å²) >= 11 is 0. The molecule has 0 radical (unpaired) electrons. The van der Waals surface area contributed by atoms with Crippen molar-refractivity contribution in [2.24, 2.45) is 0 Å². The van der Waals surface area contributed by atoms with E-state index in [0.717, 1.165) is 17.5 Å². The quantitative estimate of drug-likeness (QED) is 0.853. The van der Waals surface area contributed by atoms with Gasteiger partial charge in [-0.1, -0.05) is 39.8 Å². The first-order valence-corrected chi connectivity index (χ1v) is 6.37. The van der Waals surface area contributed by atoms with Crippen LogP contribution in [-0.4, -0.2) is 10.9 Å². The zero-order chi connectivity index (χ0) is 13.8. The van der Waals surface area contributed by atoms with Gasteiger partial charge in [-0.25, -0.2) is 0 Å². The lowest BCUT2D eigenvalue weighted by Gasteiger charge is -2.02. The van der Waals surface area contributed by atoms with Crippen LogP contribution in [0, 0.1) is 6.92 Å². The molecule has 1 rings (SSSR count). The van der Waals surface area contributed by atoms with E-state index in [1.54, 1.807) is 13.0 Å². The Labute approximate surface area is 106 Å². The van der Waals surface area contributed by atoms with Crippen LogP contribution in [0.2, 0.25) is 0 Å². The van der Waals surface area contributed by atoms with Gasteiger partial charge in [-0.15, -0.1) is 0 Å². The summed E-state index contributed by atoms with van der Waals surface area (Å²) in [6, 6.07) is 5.44. The van der Waals surface area contributed by atoms with Crippen molar-refractivity contribution in [2.75, 3.05) is 0 Å². The van der Waals surface area contributed by atoms with E-state index < -0.39 is 0 Å². The van der Waals surface area contributed by atoms with Crippen LogP contribution < -0.4 is 0 Å². The Balaban J connectivity index is 0. The van der Waals surface area contributed by atoms with Crippen molar-refractivity contribution in [2.45, 2.75) is 54.4 Å². The zero-order valence-electron chi connectivity index (χ0n) is 12.0. The Morgan fingerprint density at radius 1 is 1.18 bits per heavy atom. The number of rotatable bonds is 3. The minimum atomic E-state index is 0.200. The number of phenolic OH excluding ortho intramolecular Hbond substituents is 1. The molecule has 1 aromatic carbocycles. The lowest BCUT2D eigenvalue weighted by Crippen LogP contribution is -1.94. The van der Waals surface area contributed by atoms with Gasteiger partial charge in [0, 0.05) is 6.42 Å². The second-order valence-corrected chi connectivity index (χ2v) is 3.32. The normalized spacial score (nSPS) is 8.35. The second kappa shape index (κ2) is 11.2. The molecule has 0 aromatic heterocycles. The van der Waals surface area contributed by atoms with Crippen molar-refractivity contribution >= 4 is 5.78 Å². The molecule has 0 aliphatic heterocycles. The van der Waals surface area contributed by atoms with E-state index in [2.05, 4.69) is 0 Å². The zero-order valence-corrected chi connectivity index (χ0v) is 12.0. The molecule has 0 fully saturated rings. The van der Waals surface area contributed by atoms with E-state index in [-0.39, 0.29) is 5.78 Å². The van der Waals surface area contributed by atoms with Gasteiger partial charge < -0.3 is 9.90 Å². The number of benzene rings is 1. The van der Waals surface area contributed by atoms with Crippen LogP contribution in [0.3, 0.4) is 0 Å². The second-order valence-electron chi connectivity index (χ2n) is 3.32. The van der Waals surface area contributed by atoms with Gasteiger partial charge in [0.2, 0.25) is 0 Å². The molecule has 0 aliphatic rings. The first-order valence-electron chi connectivity index (χ1n) is 6.37. The number of aryl methyl sites for hydroxylation is 2. The average molecular weight is 238 g/mol. The van der Waals surface area contributed by atoms with Crippen molar-refractivity contribution in [3.63, 3.8) is 0 Å². The summed E-state index contributed by atoms with van der Waals surface area (Å²) < 4.78 is 0. The minimum absolute atomic E-state index is 0.200. The Kier molecular flexibility index (Phi) is 11.9. The lowest BCUT2D eigenvalue weighted by molar-refractivity contribution is -0.116. The molecule has 0 aliphatic carbocycles. The van der Waals surface area contributed by atoms with Crippen LogP contribution >= 0.6 is 0 Å². The van der Waals surface area contributed by atoms with Gasteiger partial charge >= 0.3 is 0 Å². The molecule has 0 atom stereocenters. The smallest absolute Gasteiger partial charge is 0.130 e. The third kappa shape index (κ3) is 8.49. The Hall–Kier alpha value is -1.31. The average Bonchev–Trinajstić information content (AvgIpc) is 2.36. The minimum Gasteiger partial charge on any atom is -0.508 e. The van der Waals surface area contributed by atoms with E-state index in [0.29, 0.717) is 12.2 Å². The molecule has 0 amide bonds. The molecule has 0 heterocycles. The van der Waals surface area contributed by atoms with Crippen LogP contribution in [0.5, 0.6) is 5.75 Å². The number of hydrogen-bond acceptors (Lipinski definition) is 2. The highest BCUT2D eigenvalue weighted by Gasteiger charge is 1.99. The predicted molar refractivity (Wildman–Crippen MR) is 74.5 cm³/mol. The molecule has 1 aromatic rings. The van der Waals surface area contributed by atoms with Crippen LogP contribution in [-0.2, 0) is 11.2 Å². The molecule has 0 saturated carbocycles. The van der Waals surface area contributed by atoms with Crippen molar-refractivity contribution < 1.29 is 9.90 Å². The summed E-state index contributed by atoms with van der Waals surface area (Å²) in [4.78, 5) is 10.7. The lowest BCUT2D eigenvalue weighted by atomic mass is 10.1. The molecule has 17 heavy (non-hydrogen) atoms. The highest BCUT2D eigenvalue weighted by molar-refractivity contribution is 5.75. The number of ketones is 1. The Morgan fingerprint density at radius 2 is 1.71 bits per heavy atom. The number of aromatic hydroxyl groups is 1. The molecule has 2 nitrogen and oxygen atoms in total. The van der Waals surface area contributed by atoms with E-state index >= 15 is 0 Å². The molecular formula is C15H26O2. The first kappa shape index (κ1) is 18.1. The van der Waals surface area contributed by atoms with Crippen molar-refractivity contribution in [3.8, 4) is 5.75 Å². The van der Waals surface area contributed by atoms with Crippen LogP contribution in [0.25, 0.3) is 0 Å².